The smallest absolute Gasteiger partial charge is 0.411 e. The number of nitrogens with zero attached hydrogens (tertiary/aromatic N) is 1. The third kappa shape index (κ3) is 3.67. The van der Waals surface area contributed by atoms with Crippen molar-refractivity contribution < 1.29 is 18.7 Å². The van der Waals surface area contributed by atoms with Gasteiger partial charge in [-0.2, -0.15) is 0 Å². The van der Waals surface area contributed by atoms with E-state index in [2.05, 4.69) is 14.6 Å². The number of benzene rings is 2. The number of nitrogen functional groups attached to an aromatic ring is 1. The van der Waals surface area contributed by atoms with Gasteiger partial charge in [-0.15, -0.1) is 0 Å². The summed E-state index contributed by atoms with van der Waals surface area (Å²) in [4.78, 5) is 11.3. The number of nitrogens with one attached hydrogen (secondary N) is 1. The quantitative estimate of drug-likeness (QED) is 0.672. The molecule has 0 fully saturated rings. The van der Waals surface area contributed by atoms with Gasteiger partial charge in [-0.05, 0) is 31.2 Å². The molecule has 1 heterocycles. The van der Waals surface area contributed by atoms with Gasteiger partial charge in [0.25, 0.3) is 0 Å². The molecule has 0 radical (unpaired) electrons. The number of halogens is 1. The summed E-state index contributed by atoms with van der Waals surface area (Å²) in [6.07, 6.45) is -0.522. The molecule has 1 aromatic heterocycles. The highest BCUT2D eigenvalue weighted by Gasteiger charge is 2.16. The number of anilines is 2. The number of nitrogens with two attached hydrogens (primary N) is 1. The SMILES string of the molecule is CCn1c(-c2ccc(NC(=O)OC)cc2)c(N)c2ccc(OCCF)cc21. The molecule has 0 unspecified atom stereocenters. The number of hydrogen-bond acceptors (Lipinski definition) is 4. The Balaban J connectivity index is 2.03. The molecule has 27 heavy (non-hydrogen) atoms. The van der Waals surface area contributed by atoms with Gasteiger partial charge in [-0.3, -0.25) is 5.32 Å². The third-order valence-electron chi connectivity index (χ3n) is 4.33. The van der Waals surface area contributed by atoms with E-state index in [9.17, 15) is 9.18 Å². The maximum atomic E-state index is 12.4. The molecule has 142 valence electrons. The van der Waals surface area contributed by atoms with E-state index in [0.29, 0.717) is 23.7 Å². The van der Waals surface area contributed by atoms with Gasteiger partial charge in [0.2, 0.25) is 0 Å². The molecule has 3 rings (SSSR count). The summed E-state index contributed by atoms with van der Waals surface area (Å²) in [5.41, 5.74) is 10.5. The number of hydrogen-bond donors (Lipinski definition) is 2. The molecule has 0 aliphatic carbocycles. The Morgan fingerprint density at radius 2 is 1.96 bits per heavy atom. The Kier molecular flexibility index (Phi) is 5.49. The molecule has 7 heteroatoms. The highest BCUT2D eigenvalue weighted by atomic mass is 19.1. The zero-order valence-corrected chi connectivity index (χ0v) is 15.3. The van der Waals surface area contributed by atoms with Gasteiger partial charge in [0, 0.05) is 29.2 Å². The molecule has 0 saturated carbocycles. The van der Waals surface area contributed by atoms with E-state index in [1.807, 2.05) is 31.2 Å². The molecule has 0 bridgehead atoms. The second kappa shape index (κ2) is 7.99. The van der Waals surface area contributed by atoms with Crippen LogP contribution in [0, 0.1) is 0 Å². The first-order valence-corrected chi connectivity index (χ1v) is 8.65. The second-order valence-corrected chi connectivity index (χ2v) is 5.92. The zero-order chi connectivity index (χ0) is 19.4. The van der Waals surface area contributed by atoms with Crippen molar-refractivity contribution in [2.75, 3.05) is 31.4 Å². The average molecular weight is 371 g/mol. The van der Waals surface area contributed by atoms with Crippen molar-refractivity contribution in [2.45, 2.75) is 13.5 Å². The molecule has 0 aliphatic rings. The lowest BCUT2D eigenvalue weighted by atomic mass is 10.1. The summed E-state index contributed by atoms with van der Waals surface area (Å²) in [5.74, 6) is 0.608. The van der Waals surface area contributed by atoms with Crippen molar-refractivity contribution in [1.82, 2.24) is 4.57 Å². The molecule has 2 aromatic carbocycles. The molecule has 3 aromatic rings. The fourth-order valence-corrected chi connectivity index (χ4v) is 3.12. The van der Waals surface area contributed by atoms with Crippen LogP contribution in [0.4, 0.5) is 20.6 Å². The Morgan fingerprint density at radius 3 is 2.59 bits per heavy atom. The lowest BCUT2D eigenvalue weighted by molar-refractivity contribution is 0.187. The molecular formula is C20H22FN3O3. The predicted octanol–water partition coefficient (Wildman–Crippen LogP) is 4.44. The van der Waals surface area contributed by atoms with Gasteiger partial charge >= 0.3 is 6.09 Å². The van der Waals surface area contributed by atoms with E-state index >= 15 is 0 Å². The van der Waals surface area contributed by atoms with E-state index in [-0.39, 0.29) is 6.61 Å². The summed E-state index contributed by atoms with van der Waals surface area (Å²) in [6, 6.07) is 12.9. The van der Waals surface area contributed by atoms with Crippen molar-refractivity contribution >= 4 is 28.4 Å². The summed E-state index contributed by atoms with van der Waals surface area (Å²) in [7, 11) is 1.32. The average Bonchev–Trinajstić information content (AvgIpc) is 2.98. The normalized spacial score (nSPS) is 10.8. The van der Waals surface area contributed by atoms with Crippen LogP contribution in [-0.2, 0) is 11.3 Å². The highest BCUT2D eigenvalue weighted by molar-refractivity contribution is 6.01. The molecule has 0 saturated heterocycles. The molecule has 0 aliphatic heterocycles. The molecule has 6 nitrogen and oxygen atoms in total. The van der Waals surface area contributed by atoms with Crippen LogP contribution in [-0.4, -0.2) is 31.1 Å². The van der Waals surface area contributed by atoms with Crippen molar-refractivity contribution in [2.24, 2.45) is 0 Å². The number of aryl methyl sites for hydroxylation is 1. The van der Waals surface area contributed by atoms with Gasteiger partial charge in [0.1, 0.15) is 19.0 Å². The summed E-state index contributed by atoms with van der Waals surface area (Å²) in [5, 5.41) is 3.53. The Labute approximate surface area is 156 Å². The number of ether oxygens (including phenoxy) is 2. The summed E-state index contributed by atoms with van der Waals surface area (Å²) < 4.78 is 24.5. The maximum absolute atomic E-state index is 12.4. The van der Waals surface area contributed by atoms with Gasteiger partial charge in [-0.1, -0.05) is 12.1 Å². The number of methoxy groups -OCH3 is 1. The molecular weight excluding hydrogens is 349 g/mol. The molecule has 3 N–H and O–H groups in total. The van der Waals surface area contributed by atoms with Crippen LogP contribution < -0.4 is 15.8 Å². The minimum Gasteiger partial charge on any atom is -0.491 e. The largest absolute Gasteiger partial charge is 0.491 e. The molecule has 0 spiro atoms. The van der Waals surface area contributed by atoms with Gasteiger partial charge < -0.3 is 19.8 Å². The van der Waals surface area contributed by atoms with E-state index in [1.54, 1.807) is 18.2 Å². The van der Waals surface area contributed by atoms with Crippen molar-refractivity contribution in [3.05, 3.63) is 42.5 Å². The van der Waals surface area contributed by atoms with Crippen LogP contribution in [0.1, 0.15) is 6.92 Å². The van der Waals surface area contributed by atoms with E-state index in [0.717, 1.165) is 22.2 Å². The zero-order valence-electron chi connectivity index (χ0n) is 15.3. The van der Waals surface area contributed by atoms with Crippen molar-refractivity contribution in [3.8, 4) is 17.0 Å². The van der Waals surface area contributed by atoms with Crippen LogP contribution in [0.25, 0.3) is 22.2 Å². The van der Waals surface area contributed by atoms with Crippen molar-refractivity contribution in [3.63, 3.8) is 0 Å². The lowest BCUT2D eigenvalue weighted by Crippen LogP contribution is -2.10. The summed E-state index contributed by atoms with van der Waals surface area (Å²) >= 11 is 0. The fourth-order valence-electron chi connectivity index (χ4n) is 3.12. The molecule has 1 amide bonds. The number of alkyl halides is 1. The topological polar surface area (TPSA) is 78.5 Å². The fraction of sp³-hybridized carbons (Fsp3) is 0.250. The Hall–Kier alpha value is -3.22. The number of fused-ring (bicyclic) bond motifs is 1. The Bertz CT molecular complexity index is 951. The van der Waals surface area contributed by atoms with Crippen LogP contribution in [0.3, 0.4) is 0 Å². The van der Waals surface area contributed by atoms with Crippen LogP contribution in [0.15, 0.2) is 42.5 Å². The standard InChI is InChI=1S/C20H22FN3O3/c1-3-24-17-12-15(27-11-10-21)8-9-16(17)18(22)19(24)13-4-6-14(7-5-13)23-20(25)26-2/h4-9,12H,3,10-11,22H2,1-2H3,(H,23,25). The first-order chi connectivity index (χ1) is 13.1. The number of carbonyl (C=O) groups excluding carboxylic acids is 1. The first kappa shape index (κ1) is 18.6. The maximum Gasteiger partial charge on any atom is 0.411 e. The number of amides is 1. The van der Waals surface area contributed by atoms with Crippen LogP contribution >= 0.6 is 0 Å². The number of rotatable bonds is 6. The van der Waals surface area contributed by atoms with Gasteiger partial charge in [0.05, 0.1) is 24.0 Å². The van der Waals surface area contributed by atoms with E-state index in [1.165, 1.54) is 7.11 Å². The van der Waals surface area contributed by atoms with Gasteiger partial charge in [0.15, 0.2) is 0 Å². The highest BCUT2D eigenvalue weighted by Crippen LogP contribution is 2.38. The number of aromatic nitrogens is 1. The second-order valence-electron chi connectivity index (χ2n) is 5.92. The van der Waals surface area contributed by atoms with Gasteiger partial charge in [-0.25, -0.2) is 9.18 Å². The molecule has 0 atom stereocenters. The first-order valence-electron chi connectivity index (χ1n) is 8.65. The lowest BCUT2D eigenvalue weighted by Gasteiger charge is -2.11. The van der Waals surface area contributed by atoms with E-state index in [4.69, 9.17) is 10.5 Å². The summed E-state index contributed by atoms with van der Waals surface area (Å²) in [6.45, 7) is 2.23. The van der Waals surface area contributed by atoms with Crippen molar-refractivity contribution in [1.29, 1.82) is 0 Å². The Morgan fingerprint density at radius 1 is 1.22 bits per heavy atom. The number of carbonyl (C=O) groups is 1. The third-order valence-corrected chi connectivity index (χ3v) is 4.33. The monoisotopic (exact) mass is 371 g/mol. The van der Waals surface area contributed by atoms with Crippen LogP contribution in [0.2, 0.25) is 0 Å². The van der Waals surface area contributed by atoms with Crippen LogP contribution in [0.5, 0.6) is 5.75 Å². The minimum absolute atomic E-state index is 0.0232. The van der Waals surface area contributed by atoms with E-state index < -0.39 is 12.8 Å². The minimum atomic E-state index is -0.536. The predicted molar refractivity (Wildman–Crippen MR) is 105 cm³/mol.